The minimum absolute atomic E-state index is 0.0885. The van der Waals surface area contributed by atoms with Gasteiger partial charge in [-0.25, -0.2) is 4.79 Å². The third-order valence-corrected chi connectivity index (χ3v) is 2.93. The van der Waals surface area contributed by atoms with Gasteiger partial charge in [-0.2, -0.15) is 0 Å². The van der Waals surface area contributed by atoms with Crippen molar-refractivity contribution in [2.24, 2.45) is 0 Å². The monoisotopic (exact) mass is 299 g/mol. The van der Waals surface area contributed by atoms with Crippen LogP contribution in [-0.4, -0.2) is 25.6 Å². The number of esters is 1. The second kappa shape index (κ2) is 7.83. The van der Waals surface area contributed by atoms with Gasteiger partial charge >= 0.3 is 5.97 Å². The molecule has 0 aliphatic rings. The molecule has 0 atom stereocenters. The van der Waals surface area contributed by atoms with E-state index in [0.717, 1.165) is 5.56 Å². The summed E-state index contributed by atoms with van der Waals surface area (Å²) in [6, 6.07) is 16.3. The molecule has 5 heteroatoms. The van der Waals surface area contributed by atoms with Gasteiger partial charge < -0.3 is 14.8 Å². The molecule has 2 rings (SSSR count). The highest BCUT2D eigenvalue weighted by Gasteiger charge is 2.05. The Bertz CT molecular complexity index is 623. The van der Waals surface area contributed by atoms with Gasteiger partial charge in [0, 0.05) is 5.69 Å². The van der Waals surface area contributed by atoms with Crippen LogP contribution in [0, 0.1) is 0 Å². The number of hydrogen-bond acceptors (Lipinski definition) is 4. The molecule has 1 N–H and O–H groups in total. The minimum atomic E-state index is -0.444. The summed E-state index contributed by atoms with van der Waals surface area (Å²) in [5.41, 5.74) is 1.63. The molecule has 0 aliphatic heterocycles. The van der Waals surface area contributed by atoms with Crippen molar-refractivity contribution in [1.82, 2.24) is 0 Å². The van der Waals surface area contributed by atoms with Crippen LogP contribution in [0.5, 0.6) is 5.75 Å². The van der Waals surface area contributed by atoms with Crippen LogP contribution >= 0.6 is 0 Å². The van der Waals surface area contributed by atoms with E-state index in [1.165, 1.54) is 7.11 Å². The molecule has 1 amide bonds. The van der Waals surface area contributed by atoms with E-state index < -0.39 is 5.97 Å². The van der Waals surface area contributed by atoms with Crippen LogP contribution in [0.3, 0.4) is 0 Å². The van der Waals surface area contributed by atoms with Crippen molar-refractivity contribution in [2.45, 2.75) is 6.42 Å². The Morgan fingerprint density at radius 3 is 2.32 bits per heavy atom. The molecule has 22 heavy (non-hydrogen) atoms. The number of carbonyl (C=O) groups excluding carboxylic acids is 2. The fourth-order valence-electron chi connectivity index (χ4n) is 1.82. The van der Waals surface area contributed by atoms with Gasteiger partial charge in [0.2, 0.25) is 5.91 Å². The summed E-state index contributed by atoms with van der Waals surface area (Å²) < 4.78 is 9.71. The van der Waals surface area contributed by atoms with Crippen molar-refractivity contribution in [2.75, 3.05) is 19.0 Å². The third-order valence-electron chi connectivity index (χ3n) is 2.93. The lowest BCUT2D eigenvalue weighted by Crippen LogP contribution is -2.14. The molecule has 0 bridgehead atoms. The summed E-state index contributed by atoms with van der Waals surface area (Å²) in [6.07, 6.45) is 0.321. The van der Waals surface area contributed by atoms with Gasteiger partial charge in [-0.1, -0.05) is 30.3 Å². The van der Waals surface area contributed by atoms with Crippen LogP contribution in [0.4, 0.5) is 5.69 Å². The van der Waals surface area contributed by atoms with E-state index in [-0.39, 0.29) is 12.5 Å². The molecule has 2 aromatic carbocycles. The summed E-state index contributed by atoms with van der Waals surface area (Å²) in [6.45, 7) is -0.143. The third kappa shape index (κ3) is 4.94. The summed E-state index contributed by atoms with van der Waals surface area (Å²) in [4.78, 5) is 22.9. The lowest BCUT2D eigenvalue weighted by atomic mass is 10.1. The van der Waals surface area contributed by atoms with Crippen LogP contribution in [-0.2, 0) is 20.7 Å². The standard InChI is InChI=1S/C17H17NO4/c1-21-17(20)12-22-15-9-7-14(8-10-15)18-16(19)11-13-5-3-2-4-6-13/h2-10H,11-12H2,1H3,(H,18,19). The van der Waals surface area contributed by atoms with Gasteiger partial charge in [-0.05, 0) is 29.8 Å². The van der Waals surface area contributed by atoms with Crippen LogP contribution in [0.2, 0.25) is 0 Å². The van der Waals surface area contributed by atoms with Gasteiger partial charge in [0.25, 0.3) is 0 Å². The molecular weight excluding hydrogens is 282 g/mol. The molecule has 0 radical (unpaired) electrons. The number of rotatable bonds is 6. The summed E-state index contributed by atoms with van der Waals surface area (Å²) >= 11 is 0. The Kier molecular flexibility index (Phi) is 5.54. The quantitative estimate of drug-likeness (QED) is 0.832. The Morgan fingerprint density at radius 2 is 1.68 bits per heavy atom. The second-order valence-corrected chi connectivity index (χ2v) is 4.60. The van der Waals surface area contributed by atoms with Crippen molar-refractivity contribution in [1.29, 1.82) is 0 Å². The Labute approximate surface area is 128 Å². The molecular formula is C17H17NO4. The van der Waals surface area contributed by atoms with E-state index in [0.29, 0.717) is 17.9 Å². The molecule has 0 saturated heterocycles. The number of carbonyl (C=O) groups is 2. The number of nitrogens with one attached hydrogen (secondary N) is 1. The van der Waals surface area contributed by atoms with Gasteiger partial charge in [0.1, 0.15) is 5.75 Å². The van der Waals surface area contributed by atoms with E-state index in [4.69, 9.17) is 4.74 Å². The van der Waals surface area contributed by atoms with E-state index in [1.54, 1.807) is 24.3 Å². The highest BCUT2D eigenvalue weighted by molar-refractivity contribution is 5.92. The first-order valence-electron chi connectivity index (χ1n) is 6.81. The van der Waals surface area contributed by atoms with Crippen molar-refractivity contribution in [3.8, 4) is 5.75 Å². The lowest BCUT2D eigenvalue weighted by Gasteiger charge is -2.08. The highest BCUT2D eigenvalue weighted by atomic mass is 16.6. The first-order valence-corrected chi connectivity index (χ1v) is 6.81. The molecule has 2 aromatic rings. The Morgan fingerprint density at radius 1 is 1.00 bits per heavy atom. The minimum Gasteiger partial charge on any atom is -0.482 e. The summed E-state index contributed by atoms with van der Waals surface area (Å²) in [5.74, 6) is 0.00104. The first kappa shape index (κ1) is 15.6. The molecule has 0 fully saturated rings. The number of hydrogen-bond donors (Lipinski definition) is 1. The number of amides is 1. The summed E-state index contributed by atoms with van der Waals surface area (Å²) in [7, 11) is 1.30. The fourth-order valence-corrected chi connectivity index (χ4v) is 1.82. The number of anilines is 1. The molecule has 5 nitrogen and oxygen atoms in total. The Hall–Kier alpha value is -2.82. The Balaban J connectivity index is 1.85. The van der Waals surface area contributed by atoms with E-state index in [9.17, 15) is 9.59 Å². The largest absolute Gasteiger partial charge is 0.482 e. The fraction of sp³-hybridized carbons (Fsp3) is 0.176. The maximum absolute atomic E-state index is 11.9. The number of methoxy groups -OCH3 is 1. The molecule has 0 spiro atoms. The smallest absolute Gasteiger partial charge is 0.343 e. The topological polar surface area (TPSA) is 64.6 Å². The first-order chi connectivity index (χ1) is 10.7. The average Bonchev–Trinajstić information content (AvgIpc) is 2.54. The summed E-state index contributed by atoms with van der Waals surface area (Å²) in [5, 5.41) is 2.81. The number of ether oxygens (including phenoxy) is 2. The van der Waals surface area contributed by atoms with E-state index in [1.807, 2.05) is 30.3 Å². The van der Waals surface area contributed by atoms with Crippen LogP contribution in [0.15, 0.2) is 54.6 Å². The van der Waals surface area contributed by atoms with Gasteiger partial charge in [-0.15, -0.1) is 0 Å². The van der Waals surface area contributed by atoms with Crippen LogP contribution in [0.25, 0.3) is 0 Å². The molecule has 0 aromatic heterocycles. The maximum atomic E-state index is 11.9. The normalized spacial score (nSPS) is 9.86. The maximum Gasteiger partial charge on any atom is 0.343 e. The second-order valence-electron chi connectivity index (χ2n) is 4.60. The zero-order chi connectivity index (χ0) is 15.8. The zero-order valence-corrected chi connectivity index (χ0v) is 12.2. The van der Waals surface area contributed by atoms with Gasteiger partial charge in [0.15, 0.2) is 6.61 Å². The predicted molar refractivity (Wildman–Crippen MR) is 82.7 cm³/mol. The molecule has 0 heterocycles. The molecule has 0 aliphatic carbocycles. The SMILES string of the molecule is COC(=O)COc1ccc(NC(=O)Cc2ccccc2)cc1. The predicted octanol–water partition coefficient (Wildman–Crippen LogP) is 2.42. The van der Waals surface area contributed by atoms with Crippen LogP contribution in [0.1, 0.15) is 5.56 Å². The molecule has 114 valence electrons. The zero-order valence-electron chi connectivity index (χ0n) is 12.2. The highest BCUT2D eigenvalue weighted by Crippen LogP contribution is 2.16. The van der Waals surface area contributed by atoms with Crippen molar-refractivity contribution < 1.29 is 19.1 Å². The van der Waals surface area contributed by atoms with Crippen molar-refractivity contribution in [3.63, 3.8) is 0 Å². The average molecular weight is 299 g/mol. The molecule has 0 unspecified atom stereocenters. The lowest BCUT2D eigenvalue weighted by molar-refractivity contribution is -0.142. The molecule has 0 saturated carbocycles. The number of benzene rings is 2. The van der Waals surface area contributed by atoms with E-state index in [2.05, 4.69) is 10.1 Å². The van der Waals surface area contributed by atoms with Crippen LogP contribution < -0.4 is 10.1 Å². The van der Waals surface area contributed by atoms with Gasteiger partial charge in [-0.3, -0.25) is 4.79 Å². The van der Waals surface area contributed by atoms with Crippen molar-refractivity contribution >= 4 is 17.6 Å². The van der Waals surface area contributed by atoms with E-state index >= 15 is 0 Å². The van der Waals surface area contributed by atoms with Gasteiger partial charge in [0.05, 0.1) is 13.5 Å². The van der Waals surface area contributed by atoms with Crippen molar-refractivity contribution in [3.05, 3.63) is 60.2 Å².